The lowest BCUT2D eigenvalue weighted by Crippen LogP contribution is -2.29. The molecule has 1 aliphatic heterocycles. The van der Waals surface area contributed by atoms with Crippen LogP contribution in [0.2, 0.25) is 0 Å². The van der Waals surface area contributed by atoms with Crippen LogP contribution in [-0.2, 0) is 4.74 Å². The fourth-order valence-corrected chi connectivity index (χ4v) is 1.90. The maximum absolute atomic E-state index is 11.8. The second kappa shape index (κ2) is 4.95. The number of aldehydes is 1. The first-order valence-electron chi connectivity index (χ1n) is 6.61. The van der Waals surface area contributed by atoms with E-state index in [-0.39, 0.29) is 0 Å². The molecule has 1 aromatic carbocycles. The number of hydrogen-bond acceptors (Lipinski definition) is 5. The van der Waals surface area contributed by atoms with Gasteiger partial charge in [0.15, 0.2) is 17.8 Å². The van der Waals surface area contributed by atoms with E-state index in [0.29, 0.717) is 29.0 Å². The van der Waals surface area contributed by atoms with Gasteiger partial charge in [-0.3, -0.25) is 10.1 Å². The predicted octanol–water partition coefficient (Wildman–Crippen LogP) is 3.35. The van der Waals surface area contributed by atoms with Crippen molar-refractivity contribution in [3.63, 3.8) is 0 Å². The fraction of sp³-hybridized carbons (Fsp3) is 0.467. The molecular formula is C15H19NO5. The van der Waals surface area contributed by atoms with Crippen molar-refractivity contribution in [1.82, 2.24) is 0 Å². The van der Waals surface area contributed by atoms with Crippen LogP contribution in [0, 0.1) is 0 Å². The molecule has 6 nitrogen and oxygen atoms in total. The minimum absolute atomic E-state index is 0.293. The lowest BCUT2D eigenvalue weighted by molar-refractivity contribution is -0.0431. The van der Waals surface area contributed by atoms with Gasteiger partial charge in [-0.1, -0.05) is 0 Å². The van der Waals surface area contributed by atoms with Crippen LogP contribution in [0.4, 0.5) is 10.5 Å². The van der Waals surface area contributed by atoms with E-state index in [0.717, 1.165) is 0 Å². The van der Waals surface area contributed by atoms with Crippen molar-refractivity contribution < 1.29 is 23.8 Å². The zero-order valence-electron chi connectivity index (χ0n) is 12.8. The number of amides is 1. The molecule has 21 heavy (non-hydrogen) atoms. The molecule has 0 saturated carbocycles. The third kappa shape index (κ3) is 3.65. The van der Waals surface area contributed by atoms with Gasteiger partial charge < -0.3 is 14.2 Å². The quantitative estimate of drug-likeness (QED) is 0.846. The highest BCUT2D eigenvalue weighted by Gasteiger charge is 2.33. The van der Waals surface area contributed by atoms with Crippen molar-refractivity contribution in [3.05, 3.63) is 17.7 Å². The van der Waals surface area contributed by atoms with Crippen LogP contribution in [0.15, 0.2) is 12.1 Å². The minimum atomic E-state index is -0.799. The Morgan fingerprint density at radius 3 is 2.33 bits per heavy atom. The van der Waals surface area contributed by atoms with Crippen molar-refractivity contribution in [2.45, 2.75) is 46.0 Å². The summed E-state index contributed by atoms with van der Waals surface area (Å²) < 4.78 is 16.3. The molecule has 1 aromatic rings. The van der Waals surface area contributed by atoms with Crippen LogP contribution in [0.1, 0.15) is 45.0 Å². The van der Waals surface area contributed by atoms with E-state index in [1.54, 1.807) is 40.7 Å². The highest BCUT2D eigenvalue weighted by Crippen LogP contribution is 2.42. The third-order valence-corrected chi connectivity index (χ3v) is 2.59. The molecular weight excluding hydrogens is 274 g/mol. The van der Waals surface area contributed by atoms with Gasteiger partial charge in [0.1, 0.15) is 5.60 Å². The summed E-state index contributed by atoms with van der Waals surface area (Å²) in [5.74, 6) is 0.140. The number of anilines is 1. The van der Waals surface area contributed by atoms with Crippen molar-refractivity contribution >= 4 is 18.1 Å². The summed E-state index contributed by atoms with van der Waals surface area (Å²) in [4.78, 5) is 23.0. The van der Waals surface area contributed by atoms with Crippen LogP contribution in [0.5, 0.6) is 11.5 Å². The summed E-state index contributed by atoms with van der Waals surface area (Å²) >= 11 is 0. The Labute approximate surface area is 123 Å². The number of carbonyl (C=O) groups is 2. The highest BCUT2D eigenvalue weighted by molar-refractivity contribution is 5.94. The van der Waals surface area contributed by atoms with Gasteiger partial charge in [0.05, 0.1) is 5.69 Å². The van der Waals surface area contributed by atoms with Crippen LogP contribution in [0.3, 0.4) is 0 Å². The summed E-state index contributed by atoms with van der Waals surface area (Å²) in [6.45, 7) is 8.79. The first-order valence-corrected chi connectivity index (χ1v) is 6.61. The van der Waals surface area contributed by atoms with Crippen LogP contribution in [-0.4, -0.2) is 23.8 Å². The Hall–Kier alpha value is -2.24. The fourth-order valence-electron chi connectivity index (χ4n) is 1.90. The molecule has 0 radical (unpaired) electrons. The largest absolute Gasteiger partial charge is 0.449 e. The molecule has 0 aliphatic carbocycles. The van der Waals surface area contributed by atoms with Gasteiger partial charge >= 0.3 is 6.09 Å². The summed E-state index contributed by atoms with van der Waals surface area (Å²) in [6, 6.07) is 3.08. The van der Waals surface area contributed by atoms with E-state index in [4.69, 9.17) is 14.2 Å². The van der Waals surface area contributed by atoms with E-state index < -0.39 is 17.5 Å². The second-order valence-electron chi connectivity index (χ2n) is 6.23. The number of ether oxygens (including phenoxy) is 3. The summed E-state index contributed by atoms with van der Waals surface area (Å²) in [7, 11) is 0. The van der Waals surface area contributed by atoms with Crippen LogP contribution in [0.25, 0.3) is 0 Å². The Morgan fingerprint density at radius 2 is 1.81 bits per heavy atom. The number of fused-ring (bicyclic) bond motifs is 1. The normalized spacial score (nSPS) is 15.5. The Balaban J connectivity index is 2.25. The SMILES string of the molecule is CC(C)(C)OC(=O)Nc1cc2c(cc1C=O)OC(C)(C)O2. The van der Waals surface area contributed by atoms with Gasteiger partial charge in [0.25, 0.3) is 0 Å². The Bertz CT molecular complexity index is 586. The van der Waals surface area contributed by atoms with Crippen molar-refractivity contribution in [3.8, 4) is 11.5 Å². The maximum Gasteiger partial charge on any atom is 0.412 e. The molecule has 1 heterocycles. The summed E-state index contributed by atoms with van der Waals surface area (Å²) in [6.07, 6.45) is 0.00510. The standard InChI is InChI=1S/C15H19NO5/c1-14(2,3)21-13(18)16-10-7-12-11(6-9(10)8-17)19-15(4,5)20-12/h6-8H,1-5H3,(H,16,18). The minimum Gasteiger partial charge on any atom is -0.449 e. The molecule has 2 rings (SSSR count). The summed E-state index contributed by atoms with van der Waals surface area (Å²) in [5, 5.41) is 2.55. The lowest BCUT2D eigenvalue weighted by atomic mass is 10.1. The molecule has 0 unspecified atom stereocenters. The van der Waals surface area contributed by atoms with Crippen molar-refractivity contribution in [2.24, 2.45) is 0 Å². The monoisotopic (exact) mass is 293 g/mol. The lowest BCUT2D eigenvalue weighted by Gasteiger charge is -2.20. The number of hydrogen-bond donors (Lipinski definition) is 1. The van der Waals surface area contributed by atoms with Crippen molar-refractivity contribution in [2.75, 3.05) is 5.32 Å². The first kappa shape index (κ1) is 15.2. The number of benzene rings is 1. The molecule has 114 valence electrons. The molecule has 0 bridgehead atoms. The van der Waals surface area contributed by atoms with Gasteiger partial charge in [-0.2, -0.15) is 0 Å². The predicted molar refractivity (Wildman–Crippen MR) is 77.0 cm³/mol. The highest BCUT2D eigenvalue weighted by atomic mass is 16.7. The summed E-state index contributed by atoms with van der Waals surface area (Å²) in [5.41, 5.74) is -0.00997. The van der Waals surface area contributed by atoms with Gasteiger partial charge in [0, 0.05) is 25.5 Å². The molecule has 1 N–H and O–H groups in total. The Morgan fingerprint density at radius 1 is 1.24 bits per heavy atom. The number of carbonyl (C=O) groups excluding carboxylic acids is 2. The van der Waals surface area contributed by atoms with E-state index in [9.17, 15) is 9.59 Å². The smallest absolute Gasteiger partial charge is 0.412 e. The van der Waals surface area contributed by atoms with Gasteiger partial charge in [-0.15, -0.1) is 0 Å². The molecule has 0 atom stereocenters. The average molecular weight is 293 g/mol. The van der Waals surface area contributed by atoms with E-state index in [1.165, 1.54) is 6.07 Å². The van der Waals surface area contributed by atoms with Gasteiger partial charge in [0.2, 0.25) is 5.79 Å². The van der Waals surface area contributed by atoms with Crippen LogP contribution >= 0.6 is 0 Å². The zero-order valence-corrected chi connectivity index (χ0v) is 12.8. The third-order valence-electron chi connectivity index (χ3n) is 2.59. The molecule has 0 aromatic heterocycles. The molecule has 0 fully saturated rings. The van der Waals surface area contributed by atoms with E-state index >= 15 is 0 Å². The van der Waals surface area contributed by atoms with Gasteiger partial charge in [-0.05, 0) is 26.8 Å². The molecule has 0 saturated heterocycles. The second-order valence-corrected chi connectivity index (χ2v) is 6.23. The topological polar surface area (TPSA) is 73.9 Å². The average Bonchev–Trinajstić information content (AvgIpc) is 2.58. The molecule has 1 aliphatic rings. The maximum atomic E-state index is 11.8. The van der Waals surface area contributed by atoms with Crippen LogP contribution < -0.4 is 14.8 Å². The molecule has 0 spiro atoms. The van der Waals surface area contributed by atoms with E-state index in [2.05, 4.69) is 5.32 Å². The van der Waals surface area contributed by atoms with Gasteiger partial charge in [-0.25, -0.2) is 4.79 Å². The van der Waals surface area contributed by atoms with E-state index in [1.807, 2.05) is 0 Å². The first-order chi connectivity index (χ1) is 9.59. The zero-order chi connectivity index (χ0) is 15.8. The number of rotatable bonds is 2. The molecule has 1 amide bonds. The number of nitrogens with one attached hydrogen (secondary N) is 1. The van der Waals surface area contributed by atoms with Crippen molar-refractivity contribution in [1.29, 1.82) is 0 Å². The molecule has 6 heteroatoms. The Kier molecular flexibility index (Phi) is 3.57.